The molecule has 0 amide bonds. The van der Waals surface area contributed by atoms with Crippen LogP contribution in [0.25, 0.3) is 33.7 Å². The fourth-order valence-corrected chi connectivity index (χ4v) is 3.75. The van der Waals surface area contributed by atoms with E-state index in [1.54, 1.807) is 0 Å². The SMILES string of the molecule is Brc1ccc(-c2nc3nc4ccccc4nc3n2C[C@@H]2CCCO2)cc1. The van der Waals surface area contributed by atoms with E-state index in [9.17, 15) is 0 Å². The molecule has 3 heterocycles. The molecule has 26 heavy (non-hydrogen) atoms. The normalized spacial score (nSPS) is 17.3. The van der Waals surface area contributed by atoms with Gasteiger partial charge in [0.25, 0.3) is 0 Å². The van der Waals surface area contributed by atoms with Crippen LogP contribution in [0.2, 0.25) is 0 Å². The highest BCUT2D eigenvalue weighted by Crippen LogP contribution is 2.27. The van der Waals surface area contributed by atoms with Crippen LogP contribution >= 0.6 is 15.9 Å². The van der Waals surface area contributed by atoms with Gasteiger partial charge in [0.05, 0.1) is 23.7 Å². The maximum Gasteiger partial charge on any atom is 0.198 e. The first-order valence-corrected chi connectivity index (χ1v) is 9.58. The molecule has 0 bridgehead atoms. The summed E-state index contributed by atoms with van der Waals surface area (Å²) in [6.45, 7) is 1.58. The third-order valence-electron chi connectivity index (χ3n) is 4.77. The van der Waals surface area contributed by atoms with Crippen molar-refractivity contribution in [2.75, 3.05) is 6.61 Å². The fraction of sp³-hybridized carbons (Fsp3) is 0.250. The number of fused-ring (bicyclic) bond motifs is 2. The van der Waals surface area contributed by atoms with Crippen molar-refractivity contribution >= 4 is 38.3 Å². The molecule has 2 aromatic heterocycles. The number of aromatic nitrogens is 4. The zero-order valence-corrected chi connectivity index (χ0v) is 15.7. The maximum atomic E-state index is 5.87. The van der Waals surface area contributed by atoms with Crippen molar-refractivity contribution in [2.24, 2.45) is 0 Å². The van der Waals surface area contributed by atoms with Gasteiger partial charge in [-0.3, -0.25) is 0 Å². The Kier molecular flexibility index (Phi) is 3.94. The van der Waals surface area contributed by atoms with Gasteiger partial charge in [-0.1, -0.05) is 40.2 Å². The third kappa shape index (κ3) is 2.79. The lowest BCUT2D eigenvalue weighted by Gasteiger charge is -2.13. The average molecular weight is 409 g/mol. The van der Waals surface area contributed by atoms with Crippen molar-refractivity contribution in [3.63, 3.8) is 0 Å². The van der Waals surface area contributed by atoms with Crippen LogP contribution in [0.1, 0.15) is 12.8 Å². The number of para-hydroxylation sites is 2. The molecule has 0 radical (unpaired) electrons. The molecule has 0 spiro atoms. The quantitative estimate of drug-likeness (QED) is 0.497. The van der Waals surface area contributed by atoms with Crippen molar-refractivity contribution in [3.05, 3.63) is 53.0 Å². The minimum Gasteiger partial charge on any atom is -0.376 e. The molecule has 1 aliphatic rings. The number of rotatable bonds is 3. The Balaban J connectivity index is 1.72. The van der Waals surface area contributed by atoms with Crippen LogP contribution in [-0.2, 0) is 11.3 Å². The van der Waals surface area contributed by atoms with E-state index in [2.05, 4.69) is 32.6 Å². The zero-order chi connectivity index (χ0) is 17.5. The molecule has 6 heteroatoms. The minimum atomic E-state index is 0.204. The Hall–Kier alpha value is -2.31. The number of halogens is 1. The molecular formula is C20H17BrN4O. The first kappa shape index (κ1) is 15.9. The van der Waals surface area contributed by atoms with Gasteiger partial charge in [-0.25, -0.2) is 15.0 Å². The third-order valence-corrected chi connectivity index (χ3v) is 5.30. The highest BCUT2D eigenvalue weighted by Gasteiger charge is 2.22. The molecule has 0 saturated carbocycles. The Morgan fingerprint density at radius 2 is 1.77 bits per heavy atom. The first-order chi connectivity index (χ1) is 12.8. The lowest BCUT2D eigenvalue weighted by atomic mass is 10.2. The lowest BCUT2D eigenvalue weighted by molar-refractivity contribution is 0.0981. The number of ether oxygens (including phenoxy) is 1. The predicted molar refractivity (Wildman–Crippen MR) is 105 cm³/mol. The van der Waals surface area contributed by atoms with Crippen LogP contribution in [0.5, 0.6) is 0 Å². The standard InChI is InChI=1S/C20H17BrN4O/c21-14-9-7-13(8-10-14)19-24-18-20(25(19)12-15-4-3-11-26-15)23-17-6-2-1-5-16(17)22-18/h1-2,5-10,15H,3-4,11-12H2/t15-/m0/s1. The second-order valence-electron chi connectivity index (χ2n) is 6.55. The Labute approximate surface area is 159 Å². The number of hydrogen-bond donors (Lipinski definition) is 0. The Morgan fingerprint density at radius 3 is 2.50 bits per heavy atom. The van der Waals surface area contributed by atoms with Crippen molar-refractivity contribution in [3.8, 4) is 11.4 Å². The Morgan fingerprint density at radius 1 is 1.00 bits per heavy atom. The van der Waals surface area contributed by atoms with Crippen molar-refractivity contribution < 1.29 is 4.74 Å². The van der Waals surface area contributed by atoms with Crippen LogP contribution in [-0.4, -0.2) is 32.2 Å². The molecule has 0 N–H and O–H groups in total. The highest BCUT2D eigenvalue weighted by atomic mass is 79.9. The number of hydrogen-bond acceptors (Lipinski definition) is 4. The van der Waals surface area contributed by atoms with Crippen LogP contribution in [0, 0.1) is 0 Å². The fourth-order valence-electron chi connectivity index (χ4n) is 3.48. The van der Waals surface area contributed by atoms with E-state index in [1.165, 1.54) is 0 Å². The number of nitrogens with zero attached hydrogens (tertiary/aromatic N) is 4. The lowest BCUT2D eigenvalue weighted by Crippen LogP contribution is -2.16. The van der Waals surface area contributed by atoms with E-state index in [0.717, 1.165) is 58.5 Å². The van der Waals surface area contributed by atoms with Crippen molar-refractivity contribution in [2.45, 2.75) is 25.5 Å². The van der Waals surface area contributed by atoms with E-state index < -0.39 is 0 Å². The second kappa shape index (κ2) is 6.45. The zero-order valence-electron chi connectivity index (χ0n) is 14.1. The summed E-state index contributed by atoms with van der Waals surface area (Å²) < 4.78 is 9.08. The summed E-state index contributed by atoms with van der Waals surface area (Å²) in [6.07, 6.45) is 2.38. The second-order valence-corrected chi connectivity index (χ2v) is 7.46. The summed E-state index contributed by atoms with van der Waals surface area (Å²) in [6, 6.07) is 16.1. The van der Waals surface area contributed by atoms with Gasteiger partial charge in [-0.2, -0.15) is 0 Å². The smallest absolute Gasteiger partial charge is 0.198 e. The molecule has 5 nitrogen and oxygen atoms in total. The molecule has 1 fully saturated rings. The molecule has 130 valence electrons. The van der Waals surface area contributed by atoms with Gasteiger partial charge in [-0.15, -0.1) is 0 Å². The van der Waals surface area contributed by atoms with Gasteiger partial charge in [0.15, 0.2) is 11.3 Å². The molecule has 1 saturated heterocycles. The van der Waals surface area contributed by atoms with E-state index >= 15 is 0 Å². The van der Waals surface area contributed by atoms with Crippen LogP contribution < -0.4 is 0 Å². The van der Waals surface area contributed by atoms with Gasteiger partial charge in [-0.05, 0) is 37.1 Å². The molecule has 0 aliphatic carbocycles. The molecule has 1 atom stereocenters. The largest absolute Gasteiger partial charge is 0.376 e. The summed E-state index contributed by atoms with van der Waals surface area (Å²) in [7, 11) is 0. The first-order valence-electron chi connectivity index (χ1n) is 8.78. The number of imidazole rings is 1. The summed E-state index contributed by atoms with van der Waals surface area (Å²) in [5.41, 5.74) is 4.30. The van der Waals surface area contributed by atoms with Crippen molar-refractivity contribution in [1.82, 2.24) is 19.5 Å². The van der Waals surface area contributed by atoms with E-state index in [1.807, 2.05) is 36.4 Å². The van der Waals surface area contributed by atoms with E-state index in [4.69, 9.17) is 19.7 Å². The maximum absolute atomic E-state index is 5.87. The molecule has 2 aromatic carbocycles. The average Bonchev–Trinajstić information content (AvgIpc) is 3.29. The van der Waals surface area contributed by atoms with E-state index in [0.29, 0.717) is 5.65 Å². The summed E-state index contributed by atoms with van der Waals surface area (Å²) in [5.74, 6) is 0.887. The summed E-state index contributed by atoms with van der Waals surface area (Å²) in [5, 5.41) is 0. The minimum absolute atomic E-state index is 0.204. The van der Waals surface area contributed by atoms with Crippen LogP contribution in [0.3, 0.4) is 0 Å². The van der Waals surface area contributed by atoms with Gasteiger partial charge >= 0.3 is 0 Å². The molecule has 0 unspecified atom stereocenters. The molecular weight excluding hydrogens is 392 g/mol. The molecule has 4 aromatic rings. The predicted octanol–water partition coefficient (Wildman–Crippen LogP) is 4.59. The summed E-state index contributed by atoms with van der Waals surface area (Å²) in [4.78, 5) is 14.4. The van der Waals surface area contributed by atoms with Crippen LogP contribution in [0.15, 0.2) is 53.0 Å². The summed E-state index contributed by atoms with van der Waals surface area (Å²) >= 11 is 3.50. The monoisotopic (exact) mass is 408 g/mol. The van der Waals surface area contributed by atoms with Crippen LogP contribution in [0.4, 0.5) is 0 Å². The van der Waals surface area contributed by atoms with Gasteiger partial charge in [0.1, 0.15) is 5.82 Å². The number of benzene rings is 2. The van der Waals surface area contributed by atoms with Gasteiger partial charge in [0.2, 0.25) is 0 Å². The van der Waals surface area contributed by atoms with E-state index in [-0.39, 0.29) is 6.10 Å². The van der Waals surface area contributed by atoms with Gasteiger partial charge in [0, 0.05) is 16.6 Å². The Bertz CT molecular complexity index is 1080. The topological polar surface area (TPSA) is 52.8 Å². The van der Waals surface area contributed by atoms with Gasteiger partial charge < -0.3 is 9.30 Å². The molecule has 5 rings (SSSR count). The highest BCUT2D eigenvalue weighted by molar-refractivity contribution is 9.10. The van der Waals surface area contributed by atoms with Crippen molar-refractivity contribution in [1.29, 1.82) is 0 Å². The molecule has 1 aliphatic heterocycles.